The summed E-state index contributed by atoms with van der Waals surface area (Å²) in [7, 11) is 1.33. The minimum absolute atomic E-state index is 0.143. The maximum Gasteiger partial charge on any atom is 0.306 e. The molecule has 0 aromatic heterocycles. The molecule has 0 atom stereocenters. The Bertz CT molecular complexity index is 465. The second-order valence-electron chi connectivity index (χ2n) is 4.25. The van der Waals surface area contributed by atoms with Crippen LogP contribution >= 0.6 is 0 Å². The van der Waals surface area contributed by atoms with E-state index in [0.717, 1.165) is 0 Å². The van der Waals surface area contributed by atoms with Gasteiger partial charge in [-0.3, -0.25) is 14.5 Å². The molecule has 1 N–H and O–H groups in total. The summed E-state index contributed by atoms with van der Waals surface area (Å²) in [5.74, 6) is -0.961. The molecule has 20 heavy (non-hydrogen) atoms. The molecule has 110 valence electrons. The predicted octanol–water partition coefficient (Wildman–Crippen LogP) is 1.65. The maximum atomic E-state index is 13.0. The van der Waals surface area contributed by atoms with E-state index < -0.39 is 5.82 Å². The van der Waals surface area contributed by atoms with Crippen molar-refractivity contribution in [2.45, 2.75) is 13.3 Å². The van der Waals surface area contributed by atoms with Crippen molar-refractivity contribution in [1.82, 2.24) is 4.90 Å². The molecule has 0 saturated carbocycles. The van der Waals surface area contributed by atoms with Gasteiger partial charge in [-0.05, 0) is 24.7 Å². The lowest BCUT2D eigenvalue weighted by Gasteiger charge is -2.19. The summed E-state index contributed by atoms with van der Waals surface area (Å²) in [5.41, 5.74) is 0.416. The highest BCUT2D eigenvalue weighted by atomic mass is 19.1. The average Bonchev–Trinajstić information content (AvgIpc) is 2.42. The number of carbonyl (C=O) groups excluding carboxylic acids is 2. The predicted molar refractivity (Wildman–Crippen MR) is 73.8 cm³/mol. The Kier molecular flexibility index (Phi) is 6.66. The number of methoxy groups -OCH3 is 1. The van der Waals surface area contributed by atoms with Crippen molar-refractivity contribution in [3.8, 4) is 0 Å². The topological polar surface area (TPSA) is 58.6 Å². The lowest BCUT2D eigenvalue weighted by molar-refractivity contribution is -0.141. The number of nitrogens with one attached hydrogen (secondary N) is 1. The van der Waals surface area contributed by atoms with Gasteiger partial charge >= 0.3 is 5.97 Å². The van der Waals surface area contributed by atoms with Crippen molar-refractivity contribution in [3.63, 3.8) is 0 Å². The molecular weight excluding hydrogens is 263 g/mol. The Morgan fingerprint density at radius 3 is 2.75 bits per heavy atom. The summed E-state index contributed by atoms with van der Waals surface area (Å²) in [6.45, 7) is 3.12. The number of nitrogens with zero attached hydrogens (tertiary/aromatic N) is 1. The van der Waals surface area contributed by atoms with Crippen LogP contribution in [0.3, 0.4) is 0 Å². The molecule has 0 fully saturated rings. The van der Waals surface area contributed by atoms with Crippen molar-refractivity contribution in [2.24, 2.45) is 0 Å². The number of hydrogen-bond donors (Lipinski definition) is 1. The van der Waals surface area contributed by atoms with Gasteiger partial charge in [0.25, 0.3) is 0 Å². The molecule has 0 bridgehead atoms. The minimum atomic E-state index is -0.402. The lowest BCUT2D eigenvalue weighted by atomic mass is 10.3. The SMILES string of the molecule is CCN(CCC(=O)OC)CC(=O)Nc1cccc(F)c1. The number of rotatable bonds is 7. The Balaban J connectivity index is 2.44. The Morgan fingerprint density at radius 2 is 2.15 bits per heavy atom. The molecule has 1 amide bonds. The molecule has 0 aliphatic carbocycles. The van der Waals surface area contributed by atoms with Gasteiger partial charge in [-0.2, -0.15) is 0 Å². The van der Waals surface area contributed by atoms with Crippen LogP contribution in [0.1, 0.15) is 13.3 Å². The molecule has 1 rings (SSSR count). The Hall–Kier alpha value is -1.95. The summed E-state index contributed by atoms with van der Waals surface area (Å²) >= 11 is 0. The van der Waals surface area contributed by atoms with E-state index in [1.54, 1.807) is 6.07 Å². The zero-order valence-corrected chi connectivity index (χ0v) is 11.7. The summed E-state index contributed by atoms with van der Waals surface area (Å²) in [4.78, 5) is 24.7. The lowest BCUT2D eigenvalue weighted by Crippen LogP contribution is -2.34. The van der Waals surface area contributed by atoms with Gasteiger partial charge in [0.2, 0.25) is 5.91 Å². The quantitative estimate of drug-likeness (QED) is 0.773. The van der Waals surface area contributed by atoms with E-state index >= 15 is 0 Å². The third-order valence-corrected chi connectivity index (χ3v) is 2.78. The molecule has 0 saturated heterocycles. The molecule has 6 heteroatoms. The summed E-state index contributed by atoms with van der Waals surface area (Å²) in [6.07, 6.45) is 0.234. The van der Waals surface area contributed by atoms with Crippen LogP contribution in [0.2, 0.25) is 0 Å². The molecule has 0 radical (unpaired) electrons. The summed E-state index contributed by atoms with van der Waals surface area (Å²) in [5, 5.41) is 2.61. The Morgan fingerprint density at radius 1 is 1.40 bits per heavy atom. The fourth-order valence-corrected chi connectivity index (χ4v) is 1.67. The number of benzene rings is 1. The smallest absolute Gasteiger partial charge is 0.306 e. The first-order chi connectivity index (χ1) is 9.55. The van der Waals surface area contributed by atoms with Crippen molar-refractivity contribution in [2.75, 3.05) is 32.1 Å². The molecular formula is C14H19FN2O3. The molecule has 0 unspecified atom stereocenters. The number of esters is 1. The number of amides is 1. The number of carbonyl (C=O) groups is 2. The van der Waals surface area contributed by atoms with Gasteiger partial charge in [-0.15, -0.1) is 0 Å². The average molecular weight is 282 g/mol. The number of hydrogen-bond acceptors (Lipinski definition) is 4. The van der Waals surface area contributed by atoms with Crippen molar-refractivity contribution >= 4 is 17.6 Å². The van der Waals surface area contributed by atoms with Gasteiger partial charge in [0, 0.05) is 12.2 Å². The van der Waals surface area contributed by atoms with E-state index in [1.807, 2.05) is 11.8 Å². The van der Waals surface area contributed by atoms with Crippen molar-refractivity contribution < 1.29 is 18.7 Å². The van der Waals surface area contributed by atoms with Crippen molar-refractivity contribution in [3.05, 3.63) is 30.1 Å². The van der Waals surface area contributed by atoms with Crippen LogP contribution < -0.4 is 5.32 Å². The molecule has 5 nitrogen and oxygen atoms in total. The number of ether oxygens (including phenoxy) is 1. The molecule has 1 aromatic rings. The second kappa shape index (κ2) is 8.27. The third kappa shape index (κ3) is 5.79. The molecule has 1 aromatic carbocycles. The number of anilines is 1. The van der Waals surface area contributed by atoms with Crippen LogP contribution in [-0.2, 0) is 14.3 Å². The van der Waals surface area contributed by atoms with Gasteiger partial charge in [0.1, 0.15) is 5.82 Å². The third-order valence-electron chi connectivity index (χ3n) is 2.78. The van der Waals surface area contributed by atoms with Crippen molar-refractivity contribution in [1.29, 1.82) is 0 Å². The van der Waals surface area contributed by atoms with Gasteiger partial charge in [0.15, 0.2) is 0 Å². The fraction of sp³-hybridized carbons (Fsp3) is 0.429. The van der Waals surface area contributed by atoms with E-state index in [1.165, 1.54) is 25.3 Å². The van der Waals surface area contributed by atoms with E-state index in [9.17, 15) is 14.0 Å². The minimum Gasteiger partial charge on any atom is -0.469 e. The maximum absolute atomic E-state index is 13.0. The monoisotopic (exact) mass is 282 g/mol. The standard InChI is InChI=1S/C14H19FN2O3/c1-3-17(8-7-14(19)20-2)10-13(18)16-12-6-4-5-11(15)9-12/h4-6,9H,3,7-8,10H2,1-2H3,(H,16,18). The molecule has 0 aliphatic heterocycles. The van der Waals surface area contributed by atoms with Gasteiger partial charge in [0.05, 0.1) is 20.1 Å². The van der Waals surface area contributed by atoms with E-state index in [-0.39, 0.29) is 24.8 Å². The first kappa shape index (κ1) is 16.1. The first-order valence-corrected chi connectivity index (χ1v) is 6.39. The highest BCUT2D eigenvalue weighted by Crippen LogP contribution is 2.09. The molecule has 0 heterocycles. The molecule has 0 spiro atoms. The van der Waals surface area contributed by atoms with Crippen LogP contribution in [0.25, 0.3) is 0 Å². The molecule has 0 aliphatic rings. The zero-order valence-electron chi connectivity index (χ0n) is 11.7. The second-order valence-corrected chi connectivity index (χ2v) is 4.25. The van der Waals surface area contributed by atoms with Crippen LogP contribution in [0.4, 0.5) is 10.1 Å². The highest BCUT2D eigenvalue weighted by Gasteiger charge is 2.11. The largest absolute Gasteiger partial charge is 0.469 e. The van der Waals surface area contributed by atoms with Crippen LogP contribution in [0, 0.1) is 5.82 Å². The summed E-state index contributed by atoms with van der Waals surface area (Å²) in [6, 6.07) is 5.71. The van der Waals surface area contributed by atoms with E-state index in [2.05, 4.69) is 10.1 Å². The zero-order chi connectivity index (χ0) is 15.0. The van der Waals surface area contributed by atoms with Gasteiger partial charge in [-0.25, -0.2) is 4.39 Å². The fourth-order valence-electron chi connectivity index (χ4n) is 1.67. The Labute approximate surface area is 117 Å². The number of likely N-dealkylation sites (N-methyl/N-ethyl adjacent to an activating group) is 1. The normalized spacial score (nSPS) is 10.4. The first-order valence-electron chi connectivity index (χ1n) is 6.39. The van der Waals surface area contributed by atoms with E-state index in [4.69, 9.17) is 0 Å². The van der Waals surface area contributed by atoms with Gasteiger partial charge in [-0.1, -0.05) is 13.0 Å². The van der Waals surface area contributed by atoms with Crippen LogP contribution in [0.15, 0.2) is 24.3 Å². The van der Waals surface area contributed by atoms with Gasteiger partial charge < -0.3 is 10.1 Å². The van der Waals surface area contributed by atoms with E-state index in [0.29, 0.717) is 18.8 Å². The van der Waals surface area contributed by atoms with Crippen LogP contribution in [-0.4, -0.2) is 43.5 Å². The van der Waals surface area contributed by atoms with Crippen LogP contribution in [0.5, 0.6) is 0 Å². The summed E-state index contributed by atoms with van der Waals surface area (Å²) < 4.78 is 17.5. The number of halogens is 1. The highest BCUT2D eigenvalue weighted by molar-refractivity contribution is 5.92.